The van der Waals surface area contributed by atoms with Crippen molar-refractivity contribution in [1.82, 2.24) is 9.62 Å². The second-order valence-corrected chi connectivity index (χ2v) is 10.3. The lowest BCUT2D eigenvalue weighted by Crippen LogP contribution is -2.42. The summed E-state index contributed by atoms with van der Waals surface area (Å²) in [7, 11) is -3.99. The molecule has 1 aliphatic carbocycles. The highest BCUT2D eigenvalue weighted by Crippen LogP contribution is 2.26. The highest BCUT2D eigenvalue weighted by molar-refractivity contribution is 7.89. The van der Waals surface area contributed by atoms with E-state index >= 15 is 0 Å². The molecule has 172 valence electrons. The second kappa shape index (κ2) is 10.0. The SMILES string of the molecule is CC1CCC(NC(=O)COC(=O)C2CCN(S(=O)(=O)c3ccc(F)c(F)c3)CC2)CC1. The molecule has 2 aliphatic rings. The number of esters is 1. The van der Waals surface area contributed by atoms with Crippen LogP contribution in [0.1, 0.15) is 45.4 Å². The number of benzene rings is 1. The molecule has 1 heterocycles. The van der Waals surface area contributed by atoms with Crippen LogP contribution in [-0.2, 0) is 24.3 Å². The van der Waals surface area contributed by atoms with Gasteiger partial charge < -0.3 is 10.1 Å². The van der Waals surface area contributed by atoms with Gasteiger partial charge in [-0.15, -0.1) is 0 Å². The summed E-state index contributed by atoms with van der Waals surface area (Å²) in [4.78, 5) is 24.0. The third-order valence-corrected chi connectivity index (χ3v) is 7.94. The van der Waals surface area contributed by atoms with Crippen LogP contribution in [0.15, 0.2) is 23.1 Å². The Bertz CT molecular complexity index is 908. The summed E-state index contributed by atoms with van der Waals surface area (Å²) in [6.45, 7) is 1.94. The van der Waals surface area contributed by atoms with Crippen molar-refractivity contribution >= 4 is 21.9 Å². The predicted octanol–water partition coefficient (Wildman–Crippen LogP) is 2.60. The van der Waals surface area contributed by atoms with Gasteiger partial charge in [-0.05, 0) is 62.6 Å². The van der Waals surface area contributed by atoms with Crippen LogP contribution < -0.4 is 5.32 Å². The third-order valence-electron chi connectivity index (χ3n) is 6.04. The minimum absolute atomic E-state index is 0.0492. The zero-order valence-electron chi connectivity index (χ0n) is 17.5. The number of nitrogens with one attached hydrogen (secondary N) is 1. The summed E-state index contributed by atoms with van der Waals surface area (Å²) in [5.41, 5.74) is 0. The van der Waals surface area contributed by atoms with Crippen LogP contribution in [0.2, 0.25) is 0 Å². The van der Waals surface area contributed by atoms with Crippen molar-refractivity contribution in [2.45, 2.75) is 56.4 Å². The van der Waals surface area contributed by atoms with Crippen molar-refractivity contribution < 1.29 is 31.5 Å². The van der Waals surface area contributed by atoms with Gasteiger partial charge in [-0.25, -0.2) is 17.2 Å². The number of ether oxygens (including phenoxy) is 1. The third kappa shape index (κ3) is 6.00. The molecule has 0 radical (unpaired) electrons. The Kier molecular flexibility index (Phi) is 7.64. The van der Waals surface area contributed by atoms with Crippen LogP contribution in [0.25, 0.3) is 0 Å². The number of piperidine rings is 1. The van der Waals surface area contributed by atoms with Gasteiger partial charge in [-0.2, -0.15) is 4.31 Å². The zero-order valence-corrected chi connectivity index (χ0v) is 18.3. The van der Waals surface area contributed by atoms with Gasteiger partial charge >= 0.3 is 5.97 Å². The first-order chi connectivity index (χ1) is 14.7. The Morgan fingerprint density at radius 3 is 2.32 bits per heavy atom. The summed E-state index contributed by atoms with van der Waals surface area (Å²) >= 11 is 0. The van der Waals surface area contributed by atoms with Crippen LogP contribution in [0.4, 0.5) is 8.78 Å². The summed E-state index contributed by atoms with van der Waals surface area (Å²) < 4.78 is 58.0. The highest BCUT2D eigenvalue weighted by Gasteiger charge is 2.33. The average molecular weight is 459 g/mol. The Labute approximate surface area is 181 Å². The van der Waals surface area contributed by atoms with Gasteiger partial charge in [0.2, 0.25) is 10.0 Å². The average Bonchev–Trinajstić information content (AvgIpc) is 2.75. The molecule has 0 unspecified atom stereocenters. The van der Waals surface area contributed by atoms with Crippen LogP contribution in [0.5, 0.6) is 0 Å². The van der Waals surface area contributed by atoms with Crippen molar-refractivity contribution in [3.05, 3.63) is 29.8 Å². The molecular weight excluding hydrogens is 430 g/mol. The number of carbonyl (C=O) groups excluding carboxylic acids is 2. The minimum atomic E-state index is -3.99. The van der Waals surface area contributed by atoms with Gasteiger partial charge in [0.25, 0.3) is 5.91 Å². The quantitative estimate of drug-likeness (QED) is 0.662. The molecule has 7 nitrogen and oxygen atoms in total. The van der Waals surface area contributed by atoms with Gasteiger partial charge in [0.05, 0.1) is 10.8 Å². The smallest absolute Gasteiger partial charge is 0.309 e. The van der Waals surface area contributed by atoms with Gasteiger partial charge in [-0.3, -0.25) is 9.59 Å². The van der Waals surface area contributed by atoms with Crippen LogP contribution in [0.3, 0.4) is 0 Å². The number of halogens is 2. The van der Waals surface area contributed by atoms with Crippen LogP contribution in [0, 0.1) is 23.5 Å². The van der Waals surface area contributed by atoms with E-state index in [1.807, 2.05) is 0 Å². The molecule has 3 rings (SSSR count). The van der Waals surface area contributed by atoms with Crippen molar-refractivity contribution in [1.29, 1.82) is 0 Å². The molecule has 2 fully saturated rings. The largest absolute Gasteiger partial charge is 0.455 e. The summed E-state index contributed by atoms with van der Waals surface area (Å²) in [5, 5.41) is 2.89. The van der Waals surface area contributed by atoms with Crippen LogP contribution in [-0.4, -0.2) is 50.3 Å². The number of nitrogens with zero attached hydrogens (tertiary/aromatic N) is 1. The van der Waals surface area contributed by atoms with E-state index in [0.29, 0.717) is 12.0 Å². The van der Waals surface area contributed by atoms with Gasteiger partial charge in [-0.1, -0.05) is 6.92 Å². The molecule has 31 heavy (non-hydrogen) atoms. The fourth-order valence-electron chi connectivity index (χ4n) is 4.05. The van der Waals surface area contributed by atoms with E-state index in [1.54, 1.807) is 0 Å². The molecule has 1 aromatic carbocycles. The molecule has 0 bridgehead atoms. The molecule has 1 saturated carbocycles. The molecule has 0 spiro atoms. The number of hydrogen-bond acceptors (Lipinski definition) is 5. The maximum absolute atomic E-state index is 13.4. The molecule has 1 aromatic rings. The lowest BCUT2D eigenvalue weighted by molar-refractivity contribution is -0.153. The Hall–Kier alpha value is -2.07. The Morgan fingerprint density at radius 2 is 1.71 bits per heavy atom. The number of sulfonamides is 1. The molecule has 0 aromatic heterocycles. The first-order valence-electron chi connectivity index (χ1n) is 10.6. The lowest BCUT2D eigenvalue weighted by atomic mass is 9.87. The second-order valence-electron chi connectivity index (χ2n) is 8.39. The number of carbonyl (C=O) groups is 2. The van der Waals surface area contributed by atoms with Crippen molar-refractivity contribution in [3.8, 4) is 0 Å². The fraction of sp³-hybridized carbons (Fsp3) is 0.619. The molecule has 10 heteroatoms. The topological polar surface area (TPSA) is 92.8 Å². The fourth-order valence-corrected chi connectivity index (χ4v) is 5.53. The number of hydrogen-bond donors (Lipinski definition) is 1. The maximum atomic E-state index is 13.4. The number of rotatable bonds is 6. The molecule has 1 amide bonds. The maximum Gasteiger partial charge on any atom is 0.309 e. The van der Waals surface area contributed by atoms with E-state index in [0.717, 1.165) is 42.1 Å². The van der Waals surface area contributed by atoms with E-state index in [-0.39, 0.29) is 49.4 Å². The summed E-state index contributed by atoms with van der Waals surface area (Å²) in [6, 6.07) is 2.55. The molecule has 0 atom stereocenters. The number of amides is 1. The molecular formula is C21H28F2N2O5S. The van der Waals surface area contributed by atoms with Gasteiger partial charge in [0, 0.05) is 19.1 Å². The van der Waals surface area contributed by atoms with E-state index in [4.69, 9.17) is 4.74 Å². The standard InChI is InChI=1S/C21H28F2N2O5S/c1-14-2-4-16(5-3-14)24-20(26)13-30-21(27)15-8-10-25(11-9-15)31(28,29)17-6-7-18(22)19(23)12-17/h6-7,12,14-16H,2-5,8-11,13H2,1H3,(H,24,26). The van der Waals surface area contributed by atoms with Crippen molar-refractivity contribution in [3.63, 3.8) is 0 Å². The predicted molar refractivity (Wildman–Crippen MR) is 108 cm³/mol. The van der Waals surface area contributed by atoms with Gasteiger partial charge in [0.15, 0.2) is 18.2 Å². The summed E-state index contributed by atoms with van der Waals surface area (Å²) in [5.74, 6) is -3.06. The summed E-state index contributed by atoms with van der Waals surface area (Å²) in [6.07, 6.45) is 4.43. The van der Waals surface area contributed by atoms with Crippen LogP contribution >= 0.6 is 0 Å². The van der Waals surface area contributed by atoms with Crippen molar-refractivity contribution in [2.75, 3.05) is 19.7 Å². The minimum Gasteiger partial charge on any atom is -0.455 e. The Morgan fingerprint density at radius 1 is 1.06 bits per heavy atom. The normalized spacial score (nSPS) is 23.3. The first kappa shape index (κ1) is 23.6. The molecule has 1 N–H and O–H groups in total. The molecule has 1 aliphatic heterocycles. The zero-order chi connectivity index (χ0) is 22.6. The first-order valence-corrected chi connectivity index (χ1v) is 12.0. The van der Waals surface area contributed by atoms with E-state index in [1.165, 1.54) is 0 Å². The Balaban J connectivity index is 1.45. The van der Waals surface area contributed by atoms with E-state index < -0.39 is 33.5 Å². The van der Waals surface area contributed by atoms with E-state index in [2.05, 4.69) is 12.2 Å². The monoisotopic (exact) mass is 458 g/mol. The van der Waals surface area contributed by atoms with Gasteiger partial charge in [0.1, 0.15) is 0 Å². The van der Waals surface area contributed by atoms with E-state index in [9.17, 15) is 26.8 Å². The van der Waals surface area contributed by atoms with Crippen molar-refractivity contribution in [2.24, 2.45) is 11.8 Å². The lowest BCUT2D eigenvalue weighted by Gasteiger charge is -2.30. The highest BCUT2D eigenvalue weighted by atomic mass is 32.2. The molecule has 1 saturated heterocycles.